The maximum Gasteiger partial charge on any atom is 0.0612 e. The van der Waals surface area contributed by atoms with Crippen LogP contribution in [0.25, 0.3) is 0 Å². The zero-order valence-corrected chi connectivity index (χ0v) is 9.88. The molecule has 0 unspecified atom stereocenters. The Labute approximate surface area is 88.4 Å². The molecule has 2 atom stereocenters. The van der Waals surface area contributed by atoms with E-state index in [0.29, 0.717) is 18.1 Å². The van der Waals surface area contributed by atoms with Crippen LogP contribution in [0, 0.1) is 5.92 Å². The van der Waals surface area contributed by atoms with Crippen molar-refractivity contribution in [3.63, 3.8) is 0 Å². The van der Waals surface area contributed by atoms with Gasteiger partial charge >= 0.3 is 0 Å². The fourth-order valence-corrected chi connectivity index (χ4v) is 2.15. The molecule has 1 aliphatic rings. The number of rotatable bonds is 5. The van der Waals surface area contributed by atoms with Crippen LogP contribution in [-0.4, -0.2) is 25.3 Å². The maximum atomic E-state index is 5.77. The van der Waals surface area contributed by atoms with Gasteiger partial charge in [-0.3, -0.25) is 0 Å². The van der Waals surface area contributed by atoms with E-state index in [1.165, 1.54) is 32.2 Å². The van der Waals surface area contributed by atoms with Crippen LogP contribution in [0.2, 0.25) is 0 Å². The Morgan fingerprint density at radius 2 is 2.14 bits per heavy atom. The summed E-state index contributed by atoms with van der Waals surface area (Å²) in [4.78, 5) is 0. The Kier molecular flexibility index (Phi) is 5.49. The highest BCUT2D eigenvalue weighted by molar-refractivity contribution is 4.77. The molecule has 1 rings (SSSR count). The predicted molar refractivity (Wildman–Crippen MR) is 60.5 cm³/mol. The van der Waals surface area contributed by atoms with Gasteiger partial charge in [-0.1, -0.05) is 20.3 Å². The smallest absolute Gasteiger partial charge is 0.0612 e. The molecule has 0 aromatic heterocycles. The summed E-state index contributed by atoms with van der Waals surface area (Å²) < 4.78 is 5.77. The Hall–Kier alpha value is -0.0800. The minimum absolute atomic E-state index is 0.440. The molecule has 1 saturated heterocycles. The molecular formula is C12H25NO. The van der Waals surface area contributed by atoms with Crippen LogP contribution >= 0.6 is 0 Å². The molecule has 0 radical (unpaired) electrons. The van der Waals surface area contributed by atoms with Crippen molar-refractivity contribution in [1.29, 1.82) is 0 Å². The lowest BCUT2D eigenvalue weighted by molar-refractivity contribution is 0.0159. The topological polar surface area (TPSA) is 21.3 Å². The van der Waals surface area contributed by atoms with Gasteiger partial charge in [0, 0.05) is 12.6 Å². The molecule has 1 fully saturated rings. The average molecular weight is 199 g/mol. The summed E-state index contributed by atoms with van der Waals surface area (Å²) >= 11 is 0. The van der Waals surface area contributed by atoms with Crippen LogP contribution in [0.5, 0.6) is 0 Å². The Morgan fingerprint density at radius 1 is 1.36 bits per heavy atom. The van der Waals surface area contributed by atoms with Gasteiger partial charge in [0.25, 0.3) is 0 Å². The van der Waals surface area contributed by atoms with E-state index in [2.05, 4.69) is 26.1 Å². The fourth-order valence-electron chi connectivity index (χ4n) is 2.15. The summed E-state index contributed by atoms with van der Waals surface area (Å²) in [5.41, 5.74) is 0. The van der Waals surface area contributed by atoms with E-state index in [1.807, 2.05) is 0 Å². The molecule has 0 aliphatic carbocycles. The molecule has 0 aromatic carbocycles. The lowest BCUT2D eigenvalue weighted by Crippen LogP contribution is -2.38. The number of hydrogen-bond donors (Lipinski definition) is 1. The largest absolute Gasteiger partial charge is 0.378 e. The minimum Gasteiger partial charge on any atom is -0.378 e. The standard InChI is InChI=1S/C12H25NO/c1-4-14-12(10(2)3)9-11-7-5-6-8-13-11/h10-13H,4-9H2,1-3H3/t11-,12+/m1/s1. The zero-order valence-electron chi connectivity index (χ0n) is 9.88. The van der Waals surface area contributed by atoms with Crippen LogP contribution in [0.1, 0.15) is 46.5 Å². The molecule has 0 aromatic rings. The van der Waals surface area contributed by atoms with Gasteiger partial charge in [0.2, 0.25) is 0 Å². The molecule has 0 amide bonds. The summed E-state index contributed by atoms with van der Waals surface area (Å²) in [6.07, 6.45) is 5.68. The second kappa shape index (κ2) is 6.41. The van der Waals surface area contributed by atoms with Gasteiger partial charge in [0.15, 0.2) is 0 Å². The van der Waals surface area contributed by atoms with Crippen LogP contribution in [-0.2, 0) is 4.74 Å². The summed E-state index contributed by atoms with van der Waals surface area (Å²) in [6.45, 7) is 8.63. The molecule has 1 aliphatic heterocycles. The molecule has 0 bridgehead atoms. The van der Waals surface area contributed by atoms with Crippen LogP contribution in [0.3, 0.4) is 0 Å². The molecular weight excluding hydrogens is 174 g/mol. The van der Waals surface area contributed by atoms with Gasteiger partial charge < -0.3 is 10.1 Å². The molecule has 1 heterocycles. The minimum atomic E-state index is 0.440. The van der Waals surface area contributed by atoms with Gasteiger partial charge in [0.05, 0.1) is 6.10 Å². The number of hydrogen-bond acceptors (Lipinski definition) is 2. The van der Waals surface area contributed by atoms with Gasteiger partial charge in [-0.25, -0.2) is 0 Å². The van der Waals surface area contributed by atoms with Crippen molar-refractivity contribution in [1.82, 2.24) is 5.32 Å². The van der Waals surface area contributed by atoms with Crippen molar-refractivity contribution in [2.75, 3.05) is 13.2 Å². The summed E-state index contributed by atoms with van der Waals surface area (Å²) in [7, 11) is 0. The third kappa shape index (κ3) is 3.97. The molecule has 1 N–H and O–H groups in total. The van der Waals surface area contributed by atoms with Gasteiger partial charge in [-0.2, -0.15) is 0 Å². The van der Waals surface area contributed by atoms with E-state index in [0.717, 1.165) is 6.61 Å². The second-order valence-electron chi connectivity index (χ2n) is 4.62. The molecule has 84 valence electrons. The van der Waals surface area contributed by atoms with Gasteiger partial charge in [-0.15, -0.1) is 0 Å². The Morgan fingerprint density at radius 3 is 2.64 bits per heavy atom. The highest BCUT2D eigenvalue weighted by Gasteiger charge is 2.20. The van der Waals surface area contributed by atoms with Crippen LogP contribution < -0.4 is 5.32 Å². The first kappa shape index (κ1) is 12.0. The van der Waals surface area contributed by atoms with Crippen LogP contribution in [0.15, 0.2) is 0 Å². The first-order valence-electron chi connectivity index (χ1n) is 6.09. The second-order valence-corrected chi connectivity index (χ2v) is 4.62. The van der Waals surface area contributed by atoms with Crippen molar-refractivity contribution < 1.29 is 4.74 Å². The van der Waals surface area contributed by atoms with Gasteiger partial charge in [0.1, 0.15) is 0 Å². The average Bonchev–Trinajstić information content (AvgIpc) is 2.18. The van der Waals surface area contributed by atoms with E-state index in [-0.39, 0.29) is 0 Å². The third-order valence-corrected chi connectivity index (χ3v) is 3.05. The van der Waals surface area contributed by atoms with Gasteiger partial charge in [-0.05, 0) is 38.6 Å². The van der Waals surface area contributed by atoms with Crippen molar-refractivity contribution in [2.24, 2.45) is 5.92 Å². The van der Waals surface area contributed by atoms with Crippen LogP contribution in [0.4, 0.5) is 0 Å². The molecule has 14 heavy (non-hydrogen) atoms. The van der Waals surface area contributed by atoms with Crippen molar-refractivity contribution in [2.45, 2.75) is 58.6 Å². The highest BCUT2D eigenvalue weighted by Crippen LogP contribution is 2.18. The van der Waals surface area contributed by atoms with E-state index in [4.69, 9.17) is 4.74 Å². The first-order valence-corrected chi connectivity index (χ1v) is 6.09. The molecule has 2 heteroatoms. The van der Waals surface area contributed by atoms with E-state index in [9.17, 15) is 0 Å². The summed E-state index contributed by atoms with van der Waals surface area (Å²) in [5.74, 6) is 0.638. The quantitative estimate of drug-likeness (QED) is 0.735. The van der Waals surface area contributed by atoms with Crippen molar-refractivity contribution in [3.8, 4) is 0 Å². The zero-order chi connectivity index (χ0) is 10.4. The first-order chi connectivity index (χ1) is 6.74. The molecule has 0 saturated carbocycles. The molecule has 2 nitrogen and oxygen atoms in total. The number of nitrogens with one attached hydrogen (secondary N) is 1. The Bertz CT molecular complexity index is 141. The van der Waals surface area contributed by atoms with Crippen molar-refractivity contribution >= 4 is 0 Å². The lowest BCUT2D eigenvalue weighted by Gasteiger charge is -2.29. The Balaban J connectivity index is 2.29. The monoisotopic (exact) mass is 199 g/mol. The van der Waals surface area contributed by atoms with Crippen molar-refractivity contribution in [3.05, 3.63) is 0 Å². The summed E-state index contributed by atoms with van der Waals surface area (Å²) in [5, 5.41) is 3.58. The molecule has 0 spiro atoms. The lowest BCUT2D eigenvalue weighted by atomic mass is 9.94. The number of piperidine rings is 1. The normalized spacial score (nSPS) is 25.3. The fraction of sp³-hybridized carbons (Fsp3) is 1.00. The highest BCUT2D eigenvalue weighted by atomic mass is 16.5. The maximum absolute atomic E-state index is 5.77. The predicted octanol–water partition coefficient (Wildman–Crippen LogP) is 2.58. The van der Waals surface area contributed by atoms with E-state index < -0.39 is 0 Å². The van der Waals surface area contributed by atoms with E-state index >= 15 is 0 Å². The number of ether oxygens (including phenoxy) is 1. The third-order valence-electron chi connectivity index (χ3n) is 3.05. The summed E-state index contributed by atoms with van der Waals surface area (Å²) in [6, 6.07) is 0.697. The van der Waals surface area contributed by atoms with E-state index in [1.54, 1.807) is 0 Å². The SMILES string of the molecule is CCO[C@@H](C[C@H]1CCCCN1)C(C)C.